The van der Waals surface area contributed by atoms with Crippen molar-refractivity contribution in [2.45, 2.75) is 37.1 Å². The number of nitrogens with one attached hydrogen (secondary N) is 1. The minimum absolute atomic E-state index is 0.112. The Hall–Kier alpha value is -1.97. The minimum atomic E-state index is -3.91. The number of likely N-dealkylation sites (N-methyl/N-ethyl adjacent to an activating group) is 1. The summed E-state index contributed by atoms with van der Waals surface area (Å²) in [4.78, 5) is 26.7. The smallest absolute Gasteiger partial charge is 0.244 e. The van der Waals surface area contributed by atoms with Gasteiger partial charge in [-0.25, -0.2) is 13.1 Å². The first-order chi connectivity index (χ1) is 12.0. The largest absolute Gasteiger partial charge is 0.495 e. The van der Waals surface area contributed by atoms with Crippen LogP contribution in [-0.4, -0.2) is 58.4 Å². The summed E-state index contributed by atoms with van der Waals surface area (Å²) in [5.74, 6) is -0.543. The molecule has 0 atom stereocenters. The highest BCUT2D eigenvalue weighted by atomic mass is 32.2. The van der Waals surface area contributed by atoms with Crippen LogP contribution in [0.5, 0.6) is 5.75 Å². The second kappa shape index (κ2) is 7.34. The number of hydrogen-bond acceptors (Lipinski definition) is 6. The topological polar surface area (TPSA) is 96.0 Å². The van der Waals surface area contributed by atoms with E-state index < -0.39 is 15.6 Å². The highest BCUT2D eigenvalue weighted by Crippen LogP contribution is 2.31. The number of ether oxygens (including phenoxy) is 1. The number of carbonyl (C=O) groups excluding carboxylic acids is 2. The SMILES string of the molecule is COc1ccc(N2C(=O)CCC2=O)cc1S(=O)(=O)NCC(C)(C)N(C)C. The molecule has 26 heavy (non-hydrogen) atoms. The van der Waals surface area contributed by atoms with Crippen LogP contribution in [0.4, 0.5) is 5.69 Å². The van der Waals surface area contributed by atoms with E-state index in [9.17, 15) is 18.0 Å². The van der Waals surface area contributed by atoms with Crippen molar-refractivity contribution >= 4 is 27.5 Å². The third-order valence-electron chi connectivity index (χ3n) is 4.65. The number of amides is 2. The number of benzene rings is 1. The van der Waals surface area contributed by atoms with Crippen molar-refractivity contribution in [1.29, 1.82) is 0 Å². The van der Waals surface area contributed by atoms with Gasteiger partial charge in [0.2, 0.25) is 21.8 Å². The fraction of sp³-hybridized carbons (Fsp3) is 0.529. The maximum absolute atomic E-state index is 12.8. The molecule has 1 aliphatic heterocycles. The molecule has 0 radical (unpaired) electrons. The standard InChI is InChI=1S/C17H25N3O5S/c1-17(2,19(3)4)11-18-26(23,24)14-10-12(6-7-13(14)25-5)20-15(21)8-9-16(20)22/h6-7,10,18H,8-9,11H2,1-5H3. The molecule has 144 valence electrons. The van der Waals surface area contributed by atoms with E-state index in [0.29, 0.717) is 0 Å². The monoisotopic (exact) mass is 383 g/mol. The maximum Gasteiger partial charge on any atom is 0.244 e. The van der Waals surface area contributed by atoms with Gasteiger partial charge >= 0.3 is 0 Å². The fourth-order valence-electron chi connectivity index (χ4n) is 2.39. The molecule has 1 fully saturated rings. The van der Waals surface area contributed by atoms with Crippen molar-refractivity contribution in [3.05, 3.63) is 18.2 Å². The molecule has 0 aliphatic carbocycles. The number of carbonyl (C=O) groups is 2. The van der Waals surface area contributed by atoms with Gasteiger partial charge in [-0.1, -0.05) is 0 Å². The molecule has 1 aliphatic rings. The van der Waals surface area contributed by atoms with Crippen molar-refractivity contribution in [2.75, 3.05) is 32.6 Å². The normalized spacial score (nSPS) is 15.8. The summed E-state index contributed by atoms with van der Waals surface area (Å²) in [5, 5.41) is 0. The zero-order valence-corrected chi connectivity index (χ0v) is 16.5. The third kappa shape index (κ3) is 4.05. The van der Waals surface area contributed by atoms with Gasteiger partial charge in [-0.2, -0.15) is 0 Å². The molecule has 2 amide bonds. The van der Waals surface area contributed by atoms with Crippen molar-refractivity contribution in [3.63, 3.8) is 0 Å². The van der Waals surface area contributed by atoms with E-state index in [-0.39, 0.29) is 47.5 Å². The molecule has 8 nitrogen and oxygen atoms in total. The first-order valence-corrected chi connectivity index (χ1v) is 9.69. The van der Waals surface area contributed by atoms with Gasteiger partial charge in [0, 0.05) is 24.9 Å². The van der Waals surface area contributed by atoms with Crippen LogP contribution in [0.15, 0.2) is 23.1 Å². The second-order valence-corrected chi connectivity index (χ2v) is 8.72. The van der Waals surface area contributed by atoms with Gasteiger partial charge in [0.15, 0.2) is 0 Å². The summed E-state index contributed by atoms with van der Waals surface area (Å²) in [6, 6.07) is 4.24. The van der Waals surface area contributed by atoms with Crippen LogP contribution >= 0.6 is 0 Å². The zero-order valence-electron chi connectivity index (χ0n) is 15.7. The van der Waals surface area contributed by atoms with E-state index >= 15 is 0 Å². The summed E-state index contributed by atoms with van der Waals surface area (Å²) in [5.41, 5.74) is -0.177. The number of hydrogen-bond donors (Lipinski definition) is 1. The van der Waals surface area contributed by atoms with Crippen LogP contribution in [0, 0.1) is 0 Å². The number of sulfonamides is 1. The van der Waals surface area contributed by atoms with Crippen molar-refractivity contribution in [2.24, 2.45) is 0 Å². The zero-order chi connectivity index (χ0) is 19.7. The number of methoxy groups -OCH3 is 1. The van der Waals surface area contributed by atoms with E-state index in [1.807, 2.05) is 32.8 Å². The Bertz CT molecular complexity index is 802. The molecule has 1 N–H and O–H groups in total. The predicted octanol–water partition coefficient (Wildman–Crippen LogP) is 0.967. The Morgan fingerprint density at radius 1 is 1.19 bits per heavy atom. The summed E-state index contributed by atoms with van der Waals surface area (Å²) in [6.45, 7) is 3.99. The highest BCUT2D eigenvalue weighted by molar-refractivity contribution is 7.89. The van der Waals surface area contributed by atoms with Gasteiger partial charge in [-0.3, -0.25) is 14.5 Å². The lowest BCUT2D eigenvalue weighted by Crippen LogP contribution is -2.48. The lowest BCUT2D eigenvalue weighted by molar-refractivity contribution is -0.121. The molecule has 1 aromatic carbocycles. The molecular weight excluding hydrogens is 358 g/mol. The molecule has 0 unspecified atom stereocenters. The quantitative estimate of drug-likeness (QED) is 0.705. The average molecular weight is 383 g/mol. The van der Waals surface area contributed by atoms with Gasteiger partial charge in [-0.15, -0.1) is 0 Å². The predicted molar refractivity (Wildman–Crippen MR) is 97.7 cm³/mol. The third-order valence-corrected chi connectivity index (χ3v) is 6.07. The fourth-order valence-corrected chi connectivity index (χ4v) is 3.78. The van der Waals surface area contributed by atoms with E-state index in [2.05, 4.69) is 4.72 Å². The Morgan fingerprint density at radius 3 is 2.27 bits per heavy atom. The van der Waals surface area contributed by atoms with Gasteiger partial charge in [0.05, 0.1) is 12.8 Å². The van der Waals surface area contributed by atoms with Crippen LogP contribution in [0.3, 0.4) is 0 Å². The van der Waals surface area contributed by atoms with Crippen LogP contribution in [0.1, 0.15) is 26.7 Å². The molecule has 0 saturated carbocycles. The van der Waals surface area contributed by atoms with Crippen LogP contribution in [-0.2, 0) is 19.6 Å². The first kappa shape index (κ1) is 20.3. The maximum atomic E-state index is 12.8. The molecule has 9 heteroatoms. The molecular formula is C17H25N3O5S. The van der Waals surface area contributed by atoms with Crippen molar-refractivity contribution in [1.82, 2.24) is 9.62 Å². The van der Waals surface area contributed by atoms with Crippen molar-refractivity contribution in [3.8, 4) is 5.75 Å². The Balaban J connectivity index is 2.39. The van der Waals surface area contributed by atoms with E-state index in [1.54, 1.807) is 0 Å². The number of anilines is 1. The van der Waals surface area contributed by atoms with Gasteiger partial charge in [0.1, 0.15) is 10.6 Å². The van der Waals surface area contributed by atoms with Crippen molar-refractivity contribution < 1.29 is 22.7 Å². The van der Waals surface area contributed by atoms with Gasteiger partial charge in [0.25, 0.3) is 0 Å². The van der Waals surface area contributed by atoms with Gasteiger partial charge in [-0.05, 0) is 46.1 Å². The Labute approximate surface area is 154 Å². The van der Waals surface area contributed by atoms with Crippen LogP contribution in [0.25, 0.3) is 0 Å². The molecule has 0 aromatic heterocycles. The molecule has 1 heterocycles. The van der Waals surface area contributed by atoms with E-state index in [0.717, 1.165) is 4.90 Å². The average Bonchev–Trinajstić information content (AvgIpc) is 2.91. The van der Waals surface area contributed by atoms with Gasteiger partial charge < -0.3 is 9.64 Å². The first-order valence-electron chi connectivity index (χ1n) is 8.20. The molecule has 0 spiro atoms. The molecule has 0 bridgehead atoms. The minimum Gasteiger partial charge on any atom is -0.495 e. The Morgan fingerprint density at radius 2 is 1.77 bits per heavy atom. The van der Waals surface area contributed by atoms with E-state index in [1.165, 1.54) is 25.3 Å². The lowest BCUT2D eigenvalue weighted by Gasteiger charge is -2.32. The molecule has 1 aromatic rings. The summed E-state index contributed by atoms with van der Waals surface area (Å²) < 4.78 is 33.4. The molecule has 1 saturated heterocycles. The highest BCUT2D eigenvalue weighted by Gasteiger charge is 2.32. The summed E-state index contributed by atoms with van der Waals surface area (Å²) in [6.07, 6.45) is 0.254. The summed E-state index contributed by atoms with van der Waals surface area (Å²) >= 11 is 0. The number of rotatable bonds is 7. The molecule has 2 rings (SSSR count). The summed E-state index contributed by atoms with van der Waals surface area (Å²) in [7, 11) is 1.18. The van der Waals surface area contributed by atoms with Crippen LogP contribution < -0.4 is 14.4 Å². The number of nitrogens with zero attached hydrogens (tertiary/aromatic N) is 2. The number of imide groups is 1. The lowest BCUT2D eigenvalue weighted by atomic mass is 10.1. The Kier molecular flexibility index (Phi) is 5.74. The van der Waals surface area contributed by atoms with E-state index in [4.69, 9.17) is 4.74 Å². The second-order valence-electron chi connectivity index (χ2n) is 6.99. The van der Waals surface area contributed by atoms with Crippen LogP contribution in [0.2, 0.25) is 0 Å².